The fraction of sp³-hybridized carbons (Fsp3) is 0.600. The van der Waals surface area contributed by atoms with Gasteiger partial charge in [-0.2, -0.15) is 12.6 Å². The van der Waals surface area contributed by atoms with Crippen LogP contribution in [0.4, 0.5) is 0 Å². The first-order valence-corrected chi connectivity index (χ1v) is 7.72. The summed E-state index contributed by atoms with van der Waals surface area (Å²) in [7, 11) is 0. The van der Waals surface area contributed by atoms with Crippen molar-refractivity contribution < 1.29 is 19.2 Å². The Bertz CT molecular complexity index is 358. The number of hydrogen-bond acceptors (Lipinski definition) is 5. The third kappa shape index (κ3) is 2.26. The maximum absolute atomic E-state index is 11.7. The summed E-state index contributed by atoms with van der Waals surface area (Å²) in [5, 5.41) is 0. The molecule has 6 nitrogen and oxygen atoms in total. The molecule has 2 heterocycles. The molecule has 2 saturated heterocycles. The van der Waals surface area contributed by atoms with Gasteiger partial charge in [-0.3, -0.25) is 19.2 Å². The van der Waals surface area contributed by atoms with Crippen LogP contribution in [0.15, 0.2) is 0 Å². The molecule has 0 aromatic carbocycles. The Kier molecular flexibility index (Phi) is 3.96. The highest BCUT2D eigenvalue weighted by Gasteiger charge is 2.41. The summed E-state index contributed by atoms with van der Waals surface area (Å²) in [6, 6.07) is 0. The Labute approximate surface area is 113 Å². The molecule has 0 unspecified atom stereocenters. The third-order valence-corrected chi connectivity index (χ3v) is 5.83. The van der Waals surface area contributed by atoms with E-state index in [9.17, 15) is 19.2 Å². The Morgan fingerprint density at radius 2 is 1.17 bits per heavy atom. The van der Waals surface area contributed by atoms with Crippen LogP contribution in [0.1, 0.15) is 25.7 Å². The number of carbonyl (C=O) groups excluding carboxylic acids is 4. The Balaban J connectivity index is 2.27. The van der Waals surface area contributed by atoms with Gasteiger partial charge in [0.15, 0.2) is 0 Å². The average Bonchev–Trinajstić information content (AvgIpc) is 2.82. The van der Waals surface area contributed by atoms with Crippen molar-refractivity contribution in [2.75, 3.05) is 11.5 Å². The minimum Gasteiger partial charge on any atom is -0.273 e. The van der Waals surface area contributed by atoms with Crippen LogP contribution in [0.25, 0.3) is 0 Å². The highest BCUT2D eigenvalue weighted by atomic mass is 32.2. The molecule has 2 aliphatic heterocycles. The number of thiol groups is 2. The van der Waals surface area contributed by atoms with Gasteiger partial charge in [-0.05, 0) is 0 Å². The second-order valence-corrected chi connectivity index (χ2v) is 6.46. The standard InChI is InChI=1S/C10H14N2O4S2/c13-7-1-2-8(14)11(7)18(6-5-17)12-9(15)3-4-10(12)16/h17-18H,1-6H2. The average molecular weight is 290 g/mol. The Morgan fingerprint density at radius 3 is 1.44 bits per heavy atom. The van der Waals surface area contributed by atoms with Crippen molar-refractivity contribution in [2.24, 2.45) is 0 Å². The number of rotatable bonds is 4. The molecule has 100 valence electrons. The highest BCUT2D eigenvalue weighted by Crippen LogP contribution is 2.42. The maximum Gasteiger partial charge on any atom is 0.239 e. The van der Waals surface area contributed by atoms with E-state index in [1.54, 1.807) is 0 Å². The zero-order valence-corrected chi connectivity index (χ0v) is 11.5. The molecule has 0 spiro atoms. The second kappa shape index (κ2) is 5.31. The van der Waals surface area contributed by atoms with E-state index in [1.807, 2.05) is 0 Å². The lowest BCUT2D eigenvalue weighted by Gasteiger charge is -2.35. The van der Waals surface area contributed by atoms with Crippen LogP contribution >= 0.6 is 23.9 Å². The number of imide groups is 2. The summed E-state index contributed by atoms with van der Waals surface area (Å²) in [4.78, 5) is 46.9. The lowest BCUT2D eigenvalue weighted by atomic mass is 10.4. The topological polar surface area (TPSA) is 74.8 Å². The summed E-state index contributed by atoms with van der Waals surface area (Å²) in [5.41, 5.74) is 0. The summed E-state index contributed by atoms with van der Waals surface area (Å²) in [6.07, 6.45) is 0.668. The lowest BCUT2D eigenvalue weighted by Crippen LogP contribution is -2.39. The summed E-state index contributed by atoms with van der Waals surface area (Å²) < 4.78 is 2.24. The van der Waals surface area contributed by atoms with Crippen LogP contribution in [0.5, 0.6) is 0 Å². The van der Waals surface area contributed by atoms with E-state index in [2.05, 4.69) is 12.6 Å². The van der Waals surface area contributed by atoms with Crippen molar-refractivity contribution in [3.8, 4) is 0 Å². The number of nitrogens with zero attached hydrogens (tertiary/aromatic N) is 2. The van der Waals surface area contributed by atoms with E-state index in [1.165, 1.54) is 0 Å². The first-order chi connectivity index (χ1) is 8.56. The van der Waals surface area contributed by atoms with Gasteiger partial charge < -0.3 is 0 Å². The molecule has 0 N–H and O–H groups in total. The zero-order valence-electron chi connectivity index (χ0n) is 9.66. The number of hydrogen-bond donors (Lipinski definition) is 2. The molecule has 4 amide bonds. The van der Waals surface area contributed by atoms with Gasteiger partial charge in [0.25, 0.3) is 0 Å². The molecule has 8 heteroatoms. The first-order valence-electron chi connectivity index (χ1n) is 5.66. The first kappa shape index (κ1) is 13.4. The van der Waals surface area contributed by atoms with Gasteiger partial charge in [-0.25, -0.2) is 8.61 Å². The van der Waals surface area contributed by atoms with E-state index in [-0.39, 0.29) is 49.3 Å². The van der Waals surface area contributed by atoms with Crippen LogP contribution in [-0.2, 0) is 19.2 Å². The van der Waals surface area contributed by atoms with Crippen LogP contribution in [-0.4, -0.2) is 43.7 Å². The quantitative estimate of drug-likeness (QED) is 0.566. The van der Waals surface area contributed by atoms with Gasteiger partial charge >= 0.3 is 0 Å². The van der Waals surface area contributed by atoms with Crippen LogP contribution < -0.4 is 0 Å². The van der Waals surface area contributed by atoms with Crippen molar-refractivity contribution in [3.05, 3.63) is 0 Å². The monoisotopic (exact) mass is 290 g/mol. The van der Waals surface area contributed by atoms with Gasteiger partial charge in [0, 0.05) is 37.2 Å². The van der Waals surface area contributed by atoms with Crippen molar-refractivity contribution in [1.29, 1.82) is 0 Å². The van der Waals surface area contributed by atoms with Gasteiger partial charge in [0.1, 0.15) is 0 Å². The van der Waals surface area contributed by atoms with E-state index >= 15 is 0 Å². The van der Waals surface area contributed by atoms with Crippen molar-refractivity contribution in [2.45, 2.75) is 25.7 Å². The highest BCUT2D eigenvalue weighted by molar-refractivity contribution is 8.15. The molecule has 0 radical (unpaired) electrons. The van der Waals surface area contributed by atoms with Crippen molar-refractivity contribution >= 4 is 47.5 Å². The molecule has 0 aromatic rings. The molecule has 2 rings (SSSR count). The predicted molar refractivity (Wildman–Crippen MR) is 69.9 cm³/mol. The fourth-order valence-corrected chi connectivity index (χ4v) is 4.75. The molecule has 0 atom stereocenters. The molecule has 2 fully saturated rings. The molecule has 0 bridgehead atoms. The summed E-state index contributed by atoms with van der Waals surface area (Å²) in [6.45, 7) is 0. The number of amides is 4. The predicted octanol–water partition coefficient (Wildman–Crippen LogP) is 0.0454. The van der Waals surface area contributed by atoms with Gasteiger partial charge in [-0.1, -0.05) is 11.3 Å². The molecule has 0 aromatic heterocycles. The normalized spacial score (nSPS) is 21.3. The van der Waals surface area contributed by atoms with Gasteiger partial charge in [-0.15, -0.1) is 0 Å². The van der Waals surface area contributed by atoms with Crippen LogP contribution in [0.3, 0.4) is 0 Å². The summed E-state index contributed by atoms with van der Waals surface area (Å²) in [5.74, 6) is -0.366. The van der Waals surface area contributed by atoms with E-state index in [0.29, 0.717) is 11.5 Å². The van der Waals surface area contributed by atoms with Crippen LogP contribution in [0.2, 0.25) is 0 Å². The number of carbonyl (C=O) groups is 4. The Morgan fingerprint density at radius 1 is 0.833 bits per heavy atom. The summed E-state index contributed by atoms with van der Waals surface area (Å²) >= 11 is 2.55. The minimum atomic E-state index is -1.53. The zero-order chi connectivity index (χ0) is 13.3. The molecular weight excluding hydrogens is 276 g/mol. The Hall–Kier alpha value is -1.02. The largest absolute Gasteiger partial charge is 0.273 e. The molecule has 0 saturated carbocycles. The van der Waals surface area contributed by atoms with Crippen LogP contribution in [0, 0.1) is 0 Å². The molecular formula is C10H14N2O4S2. The molecule has 2 aliphatic rings. The van der Waals surface area contributed by atoms with E-state index in [0.717, 1.165) is 8.61 Å². The van der Waals surface area contributed by atoms with Gasteiger partial charge in [0.2, 0.25) is 23.6 Å². The smallest absolute Gasteiger partial charge is 0.239 e. The van der Waals surface area contributed by atoms with E-state index < -0.39 is 11.3 Å². The van der Waals surface area contributed by atoms with E-state index in [4.69, 9.17) is 0 Å². The SMILES string of the molecule is O=C1CCC(=O)N1[SH](CCS)N1C(=O)CCC1=O. The van der Waals surface area contributed by atoms with Crippen molar-refractivity contribution in [3.63, 3.8) is 0 Å². The van der Waals surface area contributed by atoms with Gasteiger partial charge in [0.05, 0.1) is 0 Å². The lowest BCUT2D eigenvalue weighted by molar-refractivity contribution is -0.132. The maximum atomic E-state index is 11.7. The minimum absolute atomic E-state index is 0.167. The molecule has 0 aliphatic carbocycles. The second-order valence-electron chi connectivity index (χ2n) is 4.02. The third-order valence-electron chi connectivity index (χ3n) is 2.81. The van der Waals surface area contributed by atoms with Crippen molar-refractivity contribution in [1.82, 2.24) is 8.61 Å². The fourth-order valence-electron chi connectivity index (χ4n) is 2.02. The molecule has 18 heavy (non-hydrogen) atoms.